The molecule has 0 aliphatic carbocycles. The Morgan fingerprint density at radius 3 is 2.40 bits per heavy atom. The zero-order valence-electron chi connectivity index (χ0n) is 15.3. The summed E-state index contributed by atoms with van der Waals surface area (Å²) < 4.78 is 26.8. The first kappa shape index (κ1) is 19.9. The molecule has 0 aromatic heterocycles. The molecule has 1 saturated heterocycles. The van der Waals surface area contributed by atoms with Crippen LogP contribution in [0.5, 0.6) is 0 Å². The fourth-order valence-corrected chi connectivity index (χ4v) is 4.71. The van der Waals surface area contributed by atoms with Crippen LogP contribution in [0.3, 0.4) is 0 Å². The van der Waals surface area contributed by atoms with Crippen molar-refractivity contribution in [2.75, 3.05) is 13.1 Å². The summed E-state index contributed by atoms with van der Waals surface area (Å²) in [5.41, 5.74) is 0.982. The van der Waals surface area contributed by atoms with E-state index in [-0.39, 0.29) is 11.9 Å². The van der Waals surface area contributed by atoms with Crippen LogP contribution in [0.4, 0.5) is 0 Å². The van der Waals surface area contributed by atoms with Crippen LogP contribution in [0.25, 0.3) is 0 Å². The summed E-state index contributed by atoms with van der Waals surface area (Å²) >= 11 is 0. The van der Waals surface area contributed by atoms with Gasteiger partial charge in [0.15, 0.2) is 0 Å². The number of carbonyl (C=O) groups excluding carboxylic acids is 1. The van der Waals surface area contributed by atoms with Crippen LogP contribution in [0.2, 0.25) is 0 Å². The number of piperidine rings is 1. The van der Waals surface area contributed by atoms with E-state index in [1.165, 1.54) is 0 Å². The maximum absolute atomic E-state index is 12.6. The lowest BCUT2D eigenvalue weighted by Crippen LogP contribution is -2.35. The Balaban J connectivity index is 1.90. The molecule has 1 aliphatic heterocycles. The maximum Gasteiger partial charge on any atom is 0.243 e. The Bertz CT molecular complexity index is 650. The smallest absolute Gasteiger partial charge is 0.243 e. The quantitative estimate of drug-likeness (QED) is 0.769. The van der Waals surface area contributed by atoms with Gasteiger partial charge in [-0.1, -0.05) is 31.9 Å². The minimum atomic E-state index is -3.38. The van der Waals surface area contributed by atoms with Crippen molar-refractivity contribution in [1.29, 1.82) is 0 Å². The monoisotopic (exact) mass is 366 g/mol. The van der Waals surface area contributed by atoms with Crippen molar-refractivity contribution in [3.8, 4) is 0 Å². The third-order valence-corrected chi connectivity index (χ3v) is 6.56. The molecule has 25 heavy (non-hydrogen) atoms. The van der Waals surface area contributed by atoms with Crippen LogP contribution >= 0.6 is 0 Å². The molecule has 0 radical (unpaired) electrons. The van der Waals surface area contributed by atoms with E-state index in [1.807, 2.05) is 19.1 Å². The molecular formula is C19H30N2O3S. The molecule has 6 heteroatoms. The first-order valence-corrected chi connectivity index (χ1v) is 10.8. The van der Waals surface area contributed by atoms with E-state index in [2.05, 4.69) is 12.2 Å². The highest BCUT2D eigenvalue weighted by Crippen LogP contribution is 2.21. The summed E-state index contributed by atoms with van der Waals surface area (Å²) in [6.07, 6.45) is 6.04. The number of aryl methyl sites for hydroxylation is 1. The Kier molecular flexibility index (Phi) is 7.44. The molecule has 1 N–H and O–H groups in total. The van der Waals surface area contributed by atoms with Crippen LogP contribution in [-0.2, 0) is 21.2 Å². The summed E-state index contributed by atoms with van der Waals surface area (Å²) in [7, 11) is -3.38. The number of hydrogen-bond donors (Lipinski definition) is 1. The van der Waals surface area contributed by atoms with Gasteiger partial charge in [-0.25, -0.2) is 8.42 Å². The zero-order chi connectivity index (χ0) is 18.3. The molecule has 1 fully saturated rings. The van der Waals surface area contributed by atoms with Gasteiger partial charge in [-0.2, -0.15) is 4.31 Å². The highest BCUT2D eigenvalue weighted by Gasteiger charge is 2.25. The van der Waals surface area contributed by atoms with Gasteiger partial charge < -0.3 is 5.32 Å². The van der Waals surface area contributed by atoms with Crippen molar-refractivity contribution in [1.82, 2.24) is 9.62 Å². The maximum atomic E-state index is 12.6. The number of hydrogen-bond acceptors (Lipinski definition) is 3. The Hall–Kier alpha value is -1.40. The highest BCUT2D eigenvalue weighted by molar-refractivity contribution is 7.89. The first-order chi connectivity index (χ1) is 11.9. The molecule has 0 bridgehead atoms. The largest absolute Gasteiger partial charge is 0.354 e. The second kappa shape index (κ2) is 9.34. The summed E-state index contributed by atoms with van der Waals surface area (Å²) in [6, 6.07) is 7.17. The van der Waals surface area contributed by atoms with Crippen LogP contribution in [0.15, 0.2) is 29.2 Å². The predicted octanol–water partition coefficient (Wildman–Crippen LogP) is 3.10. The van der Waals surface area contributed by atoms with Gasteiger partial charge >= 0.3 is 0 Å². The van der Waals surface area contributed by atoms with Crippen LogP contribution in [0.1, 0.15) is 57.9 Å². The molecule has 1 aliphatic rings. The van der Waals surface area contributed by atoms with Crippen molar-refractivity contribution < 1.29 is 13.2 Å². The van der Waals surface area contributed by atoms with Gasteiger partial charge in [-0.05, 0) is 50.3 Å². The topological polar surface area (TPSA) is 66.5 Å². The van der Waals surface area contributed by atoms with Gasteiger partial charge in [0, 0.05) is 25.6 Å². The van der Waals surface area contributed by atoms with Crippen molar-refractivity contribution >= 4 is 15.9 Å². The number of amides is 1. The van der Waals surface area contributed by atoms with E-state index in [0.717, 1.165) is 37.7 Å². The lowest BCUT2D eigenvalue weighted by atomic mass is 10.1. The zero-order valence-corrected chi connectivity index (χ0v) is 16.1. The van der Waals surface area contributed by atoms with Crippen molar-refractivity contribution in [3.05, 3.63) is 29.8 Å². The minimum Gasteiger partial charge on any atom is -0.354 e. The number of rotatable bonds is 8. The van der Waals surface area contributed by atoms with E-state index < -0.39 is 10.0 Å². The van der Waals surface area contributed by atoms with E-state index >= 15 is 0 Å². The third kappa shape index (κ3) is 5.82. The van der Waals surface area contributed by atoms with Crippen molar-refractivity contribution in [2.45, 2.75) is 69.7 Å². The molecule has 1 aromatic rings. The molecule has 5 nitrogen and oxygen atoms in total. The van der Waals surface area contributed by atoms with Gasteiger partial charge in [0.05, 0.1) is 4.90 Å². The van der Waals surface area contributed by atoms with Crippen molar-refractivity contribution in [3.63, 3.8) is 0 Å². The van der Waals surface area contributed by atoms with E-state index in [1.54, 1.807) is 16.4 Å². The number of benzene rings is 1. The van der Waals surface area contributed by atoms with Crippen LogP contribution in [-0.4, -0.2) is 37.8 Å². The van der Waals surface area contributed by atoms with Crippen LogP contribution < -0.4 is 5.32 Å². The second-order valence-corrected chi connectivity index (χ2v) is 8.80. The molecule has 1 atom stereocenters. The SMILES string of the molecule is CCC[C@@H](C)NC(=O)CCc1ccc(S(=O)(=O)N2CCCCC2)cc1. The van der Waals surface area contributed by atoms with Gasteiger partial charge in [0.2, 0.25) is 15.9 Å². The lowest BCUT2D eigenvalue weighted by molar-refractivity contribution is -0.121. The molecule has 1 aromatic carbocycles. The molecule has 0 saturated carbocycles. The van der Waals surface area contributed by atoms with Crippen molar-refractivity contribution in [2.24, 2.45) is 0 Å². The normalized spacial score (nSPS) is 17.2. The standard InChI is InChI=1S/C19H30N2O3S/c1-3-7-16(2)20-19(22)13-10-17-8-11-18(12-9-17)25(23,24)21-14-5-4-6-15-21/h8-9,11-12,16H,3-7,10,13-15H2,1-2H3,(H,20,22)/t16-/m1/s1. The molecule has 1 amide bonds. The number of nitrogens with zero attached hydrogens (tertiary/aromatic N) is 1. The molecule has 2 rings (SSSR count). The van der Waals surface area contributed by atoms with E-state index in [4.69, 9.17) is 0 Å². The van der Waals surface area contributed by atoms with Gasteiger partial charge in [0.1, 0.15) is 0 Å². The molecular weight excluding hydrogens is 336 g/mol. The minimum absolute atomic E-state index is 0.0472. The third-order valence-electron chi connectivity index (χ3n) is 4.65. The van der Waals surface area contributed by atoms with E-state index in [0.29, 0.717) is 30.8 Å². The van der Waals surface area contributed by atoms with Crippen LogP contribution in [0, 0.1) is 0 Å². The fourth-order valence-electron chi connectivity index (χ4n) is 3.19. The average molecular weight is 367 g/mol. The van der Waals surface area contributed by atoms with E-state index in [9.17, 15) is 13.2 Å². The summed E-state index contributed by atoms with van der Waals surface area (Å²) in [6.45, 7) is 5.34. The fraction of sp³-hybridized carbons (Fsp3) is 0.632. The number of nitrogens with one attached hydrogen (secondary N) is 1. The average Bonchev–Trinajstić information content (AvgIpc) is 2.61. The number of sulfonamides is 1. The molecule has 0 unspecified atom stereocenters. The Morgan fingerprint density at radius 2 is 1.80 bits per heavy atom. The highest BCUT2D eigenvalue weighted by atomic mass is 32.2. The summed E-state index contributed by atoms with van der Waals surface area (Å²) in [5, 5.41) is 2.99. The van der Waals surface area contributed by atoms with Gasteiger partial charge in [0.25, 0.3) is 0 Å². The Morgan fingerprint density at radius 1 is 1.16 bits per heavy atom. The predicted molar refractivity (Wildman–Crippen MR) is 99.9 cm³/mol. The molecule has 0 spiro atoms. The summed E-state index contributed by atoms with van der Waals surface area (Å²) in [4.78, 5) is 12.3. The lowest BCUT2D eigenvalue weighted by Gasteiger charge is -2.25. The molecule has 1 heterocycles. The number of carbonyl (C=O) groups is 1. The first-order valence-electron chi connectivity index (χ1n) is 9.32. The Labute approximate surface area is 151 Å². The van der Waals surface area contributed by atoms with Gasteiger partial charge in [-0.15, -0.1) is 0 Å². The van der Waals surface area contributed by atoms with Gasteiger partial charge in [-0.3, -0.25) is 4.79 Å². The second-order valence-electron chi connectivity index (χ2n) is 6.87. The summed E-state index contributed by atoms with van der Waals surface area (Å²) in [5.74, 6) is 0.0472. The molecule has 140 valence electrons.